The standard InChI is InChI=1S/C18H19N5O/c1-12-7-13(2)17(14(3)8-12)18(24)20-9-15-11-23(22-21-15)16-5-4-6-19-10-16/h4-8,10-11H,9H2,1-3H3,(H,20,24). The van der Waals surface area contributed by atoms with Gasteiger partial charge in [-0.3, -0.25) is 9.78 Å². The van der Waals surface area contributed by atoms with Crippen LogP contribution >= 0.6 is 0 Å². The van der Waals surface area contributed by atoms with Gasteiger partial charge in [0.15, 0.2) is 0 Å². The van der Waals surface area contributed by atoms with Gasteiger partial charge in [0.1, 0.15) is 5.69 Å². The summed E-state index contributed by atoms with van der Waals surface area (Å²) in [5.74, 6) is -0.0964. The Kier molecular flexibility index (Phi) is 4.37. The van der Waals surface area contributed by atoms with Crippen LogP contribution in [0.2, 0.25) is 0 Å². The summed E-state index contributed by atoms with van der Waals surface area (Å²) in [5.41, 5.74) is 5.34. The molecule has 0 unspecified atom stereocenters. The highest BCUT2D eigenvalue weighted by molar-refractivity contribution is 5.97. The molecule has 0 radical (unpaired) electrons. The molecule has 0 atom stereocenters. The molecule has 1 N–H and O–H groups in total. The van der Waals surface area contributed by atoms with E-state index in [1.807, 2.05) is 45.0 Å². The predicted molar refractivity (Wildman–Crippen MR) is 91.0 cm³/mol. The minimum atomic E-state index is -0.0964. The second-order valence-electron chi connectivity index (χ2n) is 5.82. The maximum Gasteiger partial charge on any atom is 0.252 e. The molecule has 0 saturated heterocycles. The average Bonchev–Trinajstić information content (AvgIpc) is 3.02. The molecule has 1 aromatic carbocycles. The SMILES string of the molecule is Cc1cc(C)c(C(=O)NCc2cn(-c3cccnc3)nn2)c(C)c1. The first-order valence-electron chi connectivity index (χ1n) is 7.72. The number of carbonyl (C=O) groups excluding carboxylic acids is 1. The first kappa shape index (κ1) is 15.9. The van der Waals surface area contributed by atoms with Crippen LogP contribution in [-0.4, -0.2) is 25.9 Å². The van der Waals surface area contributed by atoms with Crippen molar-refractivity contribution in [2.45, 2.75) is 27.3 Å². The Morgan fingerprint density at radius 3 is 2.62 bits per heavy atom. The van der Waals surface area contributed by atoms with Crippen molar-refractivity contribution in [3.63, 3.8) is 0 Å². The number of benzene rings is 1. The Morgan fingerprint density at radius 2 is 1.96 bits per heavy atom. The normalized spacial score (nSPS) is 10.6. The maximum atomic E-state index is 12.5. The van der Waals surface area contributed by atoms with Crippen LogP contribution < -0.4 is 5.32 Å². The zero-order chi connectivity index (χ0) is 17.1. The van der Waals surface area contributed by atoms with Crippen LogP contribution in [0, 0.1) is 20.8 Å². The Hall–Kier alpha value is -3.02. The summed E-state index contributed by atoms with van der Waals surface area (Å²) in [5, 5.41) is 11.1. The maximum absolute atomic E-state index is 12.5. The summed E-state index contributed by atoms with van der Waals surface area (Å²) < 4.78 is 1.64. The topological polar surface area (TPSA) is 72.7 Å². The van der Waals surface area contributed by atoms with Crippen molar-refractivity contribution in [1.29, 1.82) is 0 Å². The highest BCUT2D eigenvalue weighted by Gasteiger charge is 2.13. The quantitative estimate of drug-likeness (QED) is 0.801. The van der Waals surface area contributed by atoms with E-state index in [-0.39, 0.29) is 5.91 Å². The summed E-state index contributed by atoms with van der Waals surface area (Å²) >= 11 is 0. The zero-order valence-electron chi connectivity index (χ0n) is 13.9. The average molecular weight is 321 g/mol. The van der Waals surface area contributed by atoms with Crippen molar-refractivity contribution in [2.24, 2.45) is 0 Å². The number of carbonyl (C=O) groups is 1. The Morgan fingerprint density at radius 1 is 1.21 bits per heavy atom. The van der Waals surface area contributed by atoms with E-state index in [9.17, 15) is 4.79 Å². The Bertz CT molecular complexity index is 847. The molecule has 0 bridgehead atoms. The number of hydrogen-bond acceptors (Lipinski definition) is 4. The van der Waals surface area contributed by atoms with E-state index in [0.29, 0.717) is 12.2 Å². The predicted octanol–water partition coefficient (Wildman–Crippen LogP) is 2.52. The van der Waals surface area contributed by atoms with E-state index in [4.69, 9.17) is 0 Å². The molecule has 3 aromatic rings. The van der Waals surface area contributed by atoms with Crippen molar-refractivity contribution in [1.82, 2.24) is 25.3 Å². The van der Waals surface area contributed by atoms with Gasteiger partial charge >= 0.3 is 0 Å². The van der Waals surface area contributed by atoms with Crippen LogP contribution in [0.1, 0.15) is 32.7 Å². The first-order chi connectivity index (χ1) is 11.5. The van der Waals surface area contributed by atoms with Gasteiger partial charge in [0.2, 0.25) is 0 Å². The molecule has 24 heavy (non-hydrogen) atoms. The fourth-order valence-electron chi connectivity index (χ4n) is 2.79. The number of amides is 1. The van der Waals surface area contributed by atoms with Crippen LogP contribution in [-0.2, 0) is 6.54 Å². The smallest absolute Gasteiger partial charge is 0.252 e. The van der Waals surface area contributed by atoms with E-state index in [0.717, 1.165) is 27.9 Å². The van der Waals surface area contributed by atoms with E-state index in [1.54, 1.807) is 23.3 Å². The molecular formula is C18H19N5O. The van der Waals surface area contributed by atoms with Crippen molar-refractivity contribution in [3.8, 4) is 5.69 Å². The molecule has 0 aliphatic rings. The summed E-state index contributed by atoms with van der Waals surface area (Å²) in [6, 6.07) is 7.76. The number of aryl methyl sites for hydroxylation is 3. The molecule has 2 aromatic heterocycles. The number of hydrogen-bond donors (Lipinski definition) is 1. The molecule has 0 spiro atoms. The minimum absolute atomic E-state index is 0.0964. The van der Waals surface area contributed by atoms with Gasteiger partial charge in [-0.15, -0.1) is 5.10 Å². The number of aromatic nitrogens is 4. The molecular weight excluding hydrogens is 302 g/mol. The van der Waals surface area contributed by atoms with Crippen LogP contribution in [0.4, 0.5) is 0 Å². The molecule has 0 saturated carbocycles. The van der Waals surface area contributed by atoms with E-state index >= 15 is 0 Å². The van der Waals surface area contributed by atoms with Gasteiger partial charge in [-0.25, -0.2) is 4.68 Å². The van der Waals surface area contributed by atoms with Gasteiger partial charge in [0.25, 0.3) is 5.91 Å². The monoisotopic (exact) mass is 321 g/mol. The largest absolute Gasteiger partial charge is 0.346 e. The number of pyridine rings is 1. The Balaban J connectivity index is 1.71. The highest BCUT2D eigenvalue weighted by Crippen LogP contribution is 2.16. The van der Waals surface area contributed by atoms with Crippen LogP contribution in [0.15, 0.2) is 42.9 Å². The molecule has 6 nitrogen and oxygen atoms in total. The Labute approximate surface area is 140 Å². The lowest BCUT2D eigenvalue weighted by Crippen LogP contribution is -2.24. The van der Waals surface area contributed by atoms with Crippen LogP contribution in [0.25, 0.3) is 5.69 Å². The van der Waals surface area contributed by atoms with E-state index < -0.39 is 0 Å². The van der Waals surface area contributed by atoms with Gasteiger partial charge in [-0.1, -0.05) is 22.9 Å². The van der Waals surface area contributed by atoms with Gasteiger partial charge < -0.3 is 5.32 Å². The number of nitrogens with one attached hydrogen (secondary N) is 1. The second-order valence-corrected chi connectivity index (χ2v) is 5.82. The minimum Gasteiger partial charge on any atom is -0.346 e. The van der Waals surface area contributed by atoms with Crippen molar-refractivity contribution in [3.05, 3.63) is 70.8 Å². The van der Waals surface area contributed by atoms with Gasteiger partial charge in [-0.05, 0) is 44.0 Å². The highest BCUT2D eigenvalue weighted by atomic mass is 16.1. The summed E-state index contributed by atoms with van der Waals surface area (Å²) in [6.07, 6.45) is 5.19. The van der Waals surface area contributed by atoms with E-state index in [1.165, 1.54) is 0 Å². The molecule has 122 valence electrons. The lowest BCUT2D eigenvalue weighted by molar-refractivity contribution is 0.0949. The zero-order valence-corrected chi connectivity index (χ0v) is 13.9. The fraction of sp³-hybridized carbons (Fsp3) is 0.222. The summed E-state index contributed by atoms with van der Waals surface area (Å²) in [4.78, 5) is 16.5. The van der Waals surface area contributed by atoms with Crippen LogP contribution in [0.5, 0.6) is 0 Å². The lowest BCUT2D eigenvalue weighted by Gasteiger charge is -2.11. The van der Waals surface area contributed by atoms with Gasteiger partial charge in [0, 0.05) is 11.8 Å². The lowest BCUT2D eigenvalue weighted by atomic mass is 9.99. The molecule has 3 rings (SSSR count). The summed E-state index contributed by atoms with van der Waals surface area (Å²) in [7, 11) is 0. The third-order valence-corrected chi connectivity index (χ3v) is 3.79. The second kappa shape index (κ2) is 6.62. The number of nitrogens with zero attached hydrogens (tertiary/aromatic N) is 4. The van der Waals surface area contributed by atoms with Crippen molar-refractivity contribution >= 4 is 5.91 Å². The van der Waals surface area contributed by atoms with Gasteiger partial charge in [0.05, 0.1) is 24.6 Å². The van der Waals surface area contributed by atoms with Crippen molar-refractivity contribution < 1.29 is 4.79 Å². The molecule has 2 heterocycles. The van der Waals surface area contributed by atoms with Crippen LogP contribution in [0.3, 0.4) is 0 Å². The number of rotatable bonds is 4. The third-order valence-electron chi connectivity index (χ3n) is 3.79. The van der Waals surface area contributed by atoms with Crippen molar-refractivity contribution in [2.75, 3.05) is 0 Å². The summed E-state index contributed by atoms with van der Waals surface area (Å²) in [6.45, 7) is 6.26. The molecule has 1 amide bonds. The van der Waals surface area contributed by atoms with E-state index in [2.05, 4.69) is 20.6 Å². The molecule has 0 aliphatic carbocycles. The first-order valence-corrected chi connectivity index (χ1v) is 7.72. The van der Waals surface area contributed by atoms with Gasteiger partial charge in [-0.2, -0.15) is 0 Å². The fourth-order valence-corrected chi connectivity index (χ4v) is 2.79. The third kappa shape index (κ3) is 3.32. The molecule has 0 aliphatic heterocycles. The molecule has 0 fully saturated rings. The molecule has 6 heteroatoms.